The van der Waals surface area contributed by atoms with Crippen molar-refractivity contribution in [2.24, 2.45) is 5.92 Å². The van der Waals surface area contributed by atoms with Crippen molar-refractivity contribution in [1.82, 2.24) is 0 Å². The number of hydrogen-bond donors (Lipinski definition) is 1. The van der Waals surface area contributed by atoms with Crippen LogP contribution in [-0.2, 0) is 12.8 Å². The lowest BCUT2D eigenvalue weighted by atomic mass is 9.87. The summed E-state index contributed by atoms with van der Waals surface area (Å²) in [6.07, 6.45) is 5.76. The van der Waals surface area contributed by atoms with E-state index in [2.05, 4.69) is 32.0 Å². The zero-order valence-corrected chi connectivity index (χ0v) is 10.4. The van der Waals surface area contributed by atoms with Crippen LogP contribution < -0.4 is 0 Å². The SMILES string of the molecule is CCC(C)C(O)c1ccc2c(c1)CCCC2. The third kappa shape index (κ3) is 2.30. The summed E-state index contributed by atoms with van der Waals surface area (Å²) in [4.78, 5) is 0. The van der Waals surface area contributed by atoms with E-state index in [1.54, 1.807) is 0 Å². The first-order valence-electron chi connectivity index (χ1n) is 6.52. The van der Waals surface area contributed by atoms with Crippen LogP contribution in [0.5, 0.6) is 0 Å². The zero-order valence-electron chi connectivity index (χ0n) is 10.4. The Bertz CT molecular complexity index is 356. The monoisotopic (exact) mass is 218 g/mol. The zero-order chi connectivity index (χ0) is 11.5. The van der Waals surface area contributed by atoms with Gasteiger partial charge in [0.15, 0.2) is 0 Å². The van der Waals surface area contributed by atoms with Gasteiger partial charge in [-0.3, -0.25) is 0 Å². The highest BCUT2D eigenvalue weighted by Crippen LogP contribution is 2.28. The van der Waals surface area contributed by atoms with Gasteiger partial charge in [0.25, 0.3) is 0 Å². The van der Waals surface area contributed by atoms with Crippen LogP contribution in [0.1, 0.15) is 55.9 Å². The first kappa shape index (κ1) is 11.7. The maximum absolute atomic E-state index is 10.2. The molecule has 0 saturated heterocycles. The van der Waals surface area contributed by atoms with Crippen molar-refractivity contribution in [2.75, 3.05) is 0 Å². The Labute approximate surface area is 98.5 Å². The van der Waals surface area contributed by atoms with Gasteiger partial charge in [-0.05, 0) is 48.3 Å². The maximum atomic E-state index is 10.2. The summed E-state index contributed by atoms with van der Waals surface area (Å²) in [5.74, 6) is 0.349. The minimum absolute atomic E-state index is 0.294. The van der Waals surface area contributed by atoms with Crippen molar-refractivity contribution in [3.8, 4) is 0 Å². The van der Waals surface area contributed by atoms with Crippen LogP contribution in [0.25, 0.3) is 0 Å². The van der Waals surface area contributed by atoms with E-state index in [0.29, 0.717) is 5.92 Å². The Hall–Kier alpha value is -0.820. The Kier molecular flexibility index (Phi) is 3.65. The molecule has 1 aromatic carbocycles. The van der Waals surface area contributed by atoms with Crippen molar-refractivity contribution in [1.29, 1.82) is 0 Å². The summed E-state index contributed by atoms with van der Waals surface area (Å²) in [5.41, 5.74) is 4.06. The van der Waals surface area contributed by atoms with E-state index in [4.69, 9.17) is 0 Å². The molecule has 0 amide bonds. The fourth-order valence-corrected chi connectivity index (χ4v) is 2.49. The molecule has 2 rings (SSSR count). The Morgan fingerprint density at radius 1 is 1.19 bits per heavy atom. The lowest BCUT2D eigenvalue weighted by Gasteiger charge is -2.21. The molecule has 0 saturated carbocycles. The van der Waals surface area contributed by atoms with Crippen LogP contribution >= 0.6 is 0 Å². The molecular weight excluding hydrogens is 196 g/mol. The van der Waals surface area contributed by atoms with E-state index in [1.165, 1.54) is 36.8 Å². The number of aryl methyl sites for hydroxylation is 2. The molecule has 2 atom stereocenters. The first-order valence-corrected chi connectivity index (χ1v) is 6.52. The van der Waals surface area contributed by atoms with Crippen molar-refractivity contribution < 1.29 is 5.11 Å². The van der Waals surface area contributed by atoms with Crippen LogP contribution in [-0.4, -0.2) is 5.11 Å². The van der Waals surface area contributed by atoms with Crippen molar-refractivity contribution in [3.63, 3.8) is 0 Å². The molecule has 1 N–H and O–H groups in total. The molecule has 0 radical (unpaired) electrons. The van der Waals surface area contributed by atoms with E-state index in [9.17, 15) is 5.11 Å². The maximum Gasteiger partial charge on any atom is 0.0815 e. The van der Waals surface area contributed by atoms with Crippen LogP contribution in [0, 0.1) is 5.92 Å². The molecule has 88 valence electrons. The van der Waals surface area contributed by atoms with E-state index in [0.717, 1.165) is 12.0 Å². The number of aliphatic hydroxyl groups excluding tert-OH is 1. The van der Waals surface area contributed by atoms with E-state index in [1.807, 2.05) is 0 Å². The Morgan fingerprint density at radius 3 is 2.56 bits per heavy atom. The third-order valence-corrected chi connectivity index (χ3v) is 3.90. The highest BCUT2D eigenvalue weighted by molar-refractivity contribution is 5.34. The summed E-state index contributed by atoms with van der Waals surface area (Å²) in [6, 6.07) is 6.56. The van der Waals surface area contributed by atoms with Crippen molar-refractivity contribution >= 4 is 0 Å². The van der Waals surface area contributed by atoms with Gasteiger partial charge in [-0.1, -0.05) is 38.5 Å². The van der Waals surface area contributed by atoms with Gasteiger partial charge in [-0.25, -0.2) is 0 Å². The van der Waals surface area contributed by atoms with E-state index < -0.39 is 0 Å². The third-order valence-electron chi connectivity index (χ3n) is 3.90. The highest BCUT2D eigenvalue weighted by atomic mass is 16.3. The van der Waals surface area contributed by atoms with Crippen LogP contribution in [0.3, 0.4) is 0 Å². The number of fused-ring (bicyclic) bond motifs is 1. The summed E-state index contributed by atoms with van der Waals surface area (Å²) < 4.78 is 0. The van der Waals surface area contributed by atoms with E-state index in [-0.39, 0.29) is 6.10 Å². The van der Waals surface area contributed by atoms with Gasteiger partial charge in [0.05, 0.1) is 6.10 Å². The number of hydrogen-bond acceptors (Lipinski definition) is 1. The van der Waals surface area contributed by atoms with Crippen molar-refractivity contribution in [2.45, 2.75) is 52.1 Å². The molecular formula is C15H22O. The van der Waals surface area contributed by atoms with Gasteiger partial charge in [0, 0.05) is 0 Å². The predicted molar refractivity (Wildman–Crippen MR) is 67.5 cm³/mol. The van der Waals surface area contributed by atoms with Crippen LogP contribution in [0.4, 0.5) is 0 Å². The fraction of sp³-hybridized carbons (Fsp3) is 0.600. The second kappa shape index (κ2) is 5.01. The number of aliphatic hydroxyl groups is 1. The molecule has 0 fully saturated rings. The molecule has 0 bridgehead atoms. The molecule has 16 heavy (non-hydrogen) atoms. The minimum atomic E-state index is -0.294. The summed E-state index contributed by atoms with van der Waals surface area (Å²) in [5, 5.41) is 10.2. The summed E-state index contributed by atoms with van der Waals surface area (Å²) in [6.45, 7) is 4.25. The topological polar surface area (TPSA) is 20.2 Å². The first-order chi connectivity index (χ1) is 7.72. The lowest BCUT2D eigenvalue weighted by Crippen LogP contribution is -2.10. The quantitative estimate of drug-likeness (QED) is 0.821. The molecule has 0 spiro atoms. The van der Waals surface area contributed by atoms with Gasteiger partial charge < -0.3 is 5.11 Å². The molecule has 0 aromatic heterocycles. The molecule has 0 heterocycles. The molecule has 1 aliphatic rings. The van der Waals surface area contributed by atoms with Crippen molar-refractivity contribution in [3.05, 3.63) is 34.9 Å². The average molecular weight is 218 g/mol. The summed E-state index contributed by atoms with van der Waals surface area (Å²) in [7, 11) is 0. The second-order valence-corrected chi connectivity index (χ2v) is 5.07. The summed E-state index contributed by atoms with van der Waals surface area (Å²) >= 11 is 0. The predicted octanol–water partition coefficient (Wildman–Crippen LogP) is 3.64. The highest BCUT2D eigenvalue weighted by Gasteiger charge is 2.17. The van der Waals surface area contributed by atoms with Gasteiger partial charge in [0.2, 0.25) is 0 Å². The molecule has 2 unspecified atom stereocenters. The van der Waals surface area contributed by atoms with Gasteiger partial charge >= 0.3 is 0 Å². The standard InChI is InChI=1S/C15H22O/c1-3-11(2)15(16)14-9-8-12-6-4-5-7-13(12)10-14/h8-11,15-16H,3-7H2,1-2H3. The fourth-order valence-electron chi connectivity index (χ4n) is 2.49. The molecule has 0 aliphatic heterocycles. The minimum Gasteiger partial charge on any atom is -0.388 e. The molecule has 1 heteroatoms. The lowest BCUT2D eigenvalue weighted by molar-refractivity contribution is 0.115. The average Bonchev–Trinajstić information content (AvgIpc) is 2.36. The van der Waals surface area contributed by atoms with Gasteiger partial charge in [-0.15, -0.1) is 0 Å². The molecule has 1 aromatic rings. The van der Waals surface area contributed by atoms with Crippen LogP contribution in [0.2, 0.25) is 0 Å². The molecule has 1 aliphatic carbocycles. The largest absolute Gasteiger partial charge is 0.388 e. The van der Waals surface area contributed by atoms with Gasteiger partial charge in [-0.2, -0.15) is 0 Å². The normalized spacial score (nSPS) is 18.9. The Balaban J connectivity index is 2.22. The number of rotatable bonds is 3. The van der Waals surface area contributed by atoms with Crippen LogP contribution in [0.15, 0.2) is 18.2 Å². The number of benzene rings is 1. The molecule has 1 nitrogen and oxygen atoms in total. The van der Waals surface area contributed by atoms with E-state index >= 15 is 0 Å². The van der Waals surface area contributed by atoms with Gasteiger partial charge in [0.1, 0.15) is 0 Å². The smallest absolute Gasteiger partial charge is 0.0815 e. The second-order valence-electron chi connectivity index (χ2n) is 5.07. The Morgan fingerprint density at radius 2 is 1.88 bits per heavy atom.